The Bertz CT molecular complexity index is 314. The van der Waals surface area contributed by atoms with E-state index in [-0.39, 0.29) is 12.2 Å². The molecule has 0 radical (unpaired) electrons. The quantitative estimate of drug-likeness (QED) is 0.600. The molecular weight excluding hydrogens is 172 g/mol. The molecule has 1 aromatic rings. The Morgan fingerprint density at radius 1 is 1.69 bits per heavy atom. The molecule has 70 valence electrons. The maximum atomic E-state index is 10.7. The Labute approximate surface area is 74.8 Å². The van der Waals surface area contributed by atoms with Crippen LogP contribution in [0.3, 0.4) is 0 Å². The number of rotatable bonds is 3. The molecule has 1 rings (SSSR count). The lowest BCUT2D eigenvalue weighted by Crippen LogP contribution is -2.18. The van der Waals surface area contributed by atoms with Gasteiger partial charge in [0.25, 0.3) is 0 Å². The minimum atomic E-state index is -1.09. The number of hydrogen-bond donors (Lipinski definition) is 3. The molecule has 0 aliphatic carbocycles. The predicted molar refractivity (Wildman–Crippen MR) is 45.2 cm³/mol. The highest BCUT2D eigenvalue weighted by Gasteiger charge is 2.14. The maximum absolute atomic E-state index is 10.7. The fourth-order valence-corrected chi connectivity index (χ4v) is 1.01. The van der Waals surface area contributed by atoms with E-state index in [1.807, 2.05) is 0 Å². The molecule has 1 aromatic heterocycles. The first kappa shape index (κ1) is 9.63. The molecule has 0 amide bonds. The SMILES string of the molecule is NC(CO)c1ccncc1C(=O)O. The summed E-state index contributed by atoms with van der Waals surface area (Å²) in [5, 5.41) is 17.5. The van der Waals surface area contributed by atoms with Crippen LogP contribution in [-0.2, 0) is 0 Å². The highest BCUT2D eigenvalue weighted by atomic mass is 16.4. The van der Waals surface area contributed by atoms with Crippen molar-refractivity contribution in [1.29, 1.82) is 0 Å². The van der Waals surface area contributed by atoms with Gasteiger partial charge >= 0.3 is 5.97 Å². The molecule has 0 aliphatic heterocycles. The van der Waals surface area contributed by atoms with E-state index < -0.39 is 12.0 Å². The van der Waals surface area contributed by atoms with Crippen LogP contribution in [0, 0.1) is 0 Å². The van der Waals surface area contributed by atoms with Crippen LogP contribution in [0.2, 0.25) is 0 Å². The topological polar surface area (TPSA) is 96.4 Å². The summed E-state index contributed by atoms with van der Waals surface area (Å²) in [6.07, 6.45) is 2.66. The second-order valence-corrected chi connectivity index (χ2v) is 2.56. The predicted octanol–water partition coefficient (Wildman–Crippen LogP) is -0.228. The number of aliphatic hydroxyl groups is 1. The molecular formula is C8H10N2O3. The standard InChI is InChI=1S/C8H10N2O3/c9-7(4-11)5-1-2-10-3-6(5)8(12)13/h1-3,7,11H,4,9H2,(H,12,13). The van der Waals surface area contributed by atoms with Crippen LogP contribution in [0.1, 0.15) is 22.0 Å². The van der Waals surface area contributed by atoms with E-state index in [9.17, 15) is 4.79 Å². The van der Waals surface area contributed by atoms with E-state index in [0.29, 0.717) is 5.56 Å². The number of pyridine rings is 1. The van der Waals surface area contributed by atoms with Gasteiger partial charge in [-0.2, -0.15) is 0 Å². The number of hydrogen-bond acceptors (Lipinski definition) is 4. The molecule has 13 heavy (non-hydrogen) atoms. The van der Waals surface area contributed by atoms with Gasteiger partial charge in [-0.05, 0) is 11.6 Å². The Kier molecular flexibility index (Phi) is 2.94. The summed E-state index contributed by atoms with van der Waals surface area (Å²) in [6.45, 7) is -0.287. The van der Waals surface area contributed by atoms with Crippen LogP contribution >= 0.6 is 0 Å². The Balaban J connectivity index is 3.11. The molecule has 1 unspecified atom stereocenters. The molecule has 0 aromatic carbocycles. The molecule has 1 atom stereocenters. The third-order valence-corrected chi connectivity index (χ3v) is 1.68. The molecule has 4 N–H and O–H groups in total. The second-order valence-electron chi connectivity index (χ2n) is 2.56. The Morgan fingerprint density at radius 2 is 2.38 bits per heavy atom. The summed E-state index contributed by atoms with van der Waals surface area (Å²) in [5.74, 6) is -1.09. The van der Waals surface area contributed by atoms with Gasteiger partial charge in [-0.25, -0.2) is 4.79 Å². The van der Waals surface area contributed by atoms with Gasteiger partial charge in [-0.3, -0.25) is 4.98 Å². The van der Waals surface area contributed by atoms with Crippen LogP contribution in [-0.4, -0.2) is 27.8 Å². The normalized spacial score (nSPS) is 12.5. The summed E-state index contributed by atoms with van der Waals surface area (Å²) in [5.41, 5.74) is 5.92. The molecule has 5 heteroatoms. The van der Waals surface area contributed by atoms with Gasteiger partial charge in [0.05, 0.1) is 18.2 Å². The molecule has 0 fully saturated rings. The van der Waals surface area contributed by atoms with Crippen LogP contribution in [0.5, 0.6) is 0 Å². The van der Waals surface area contributed by atoms with Crippen LogP contribution < -0.4 is 5.73 Å². The van der Waals surface area contributed by atoms with Crippen molar-refractivity contribution in [2.45, 2.75) is 6.04 Å². The van der Waals surface area contributed by atoms with Gasteiger partial charge < -0.3 is 15.9 Å². The average molecular weight is 182 g/mol. The number of aliphatic hydroxyl groups excluding tert-OH is 1. The lowest BCUT2D eigenvalue weighted by Gasteiger charge is -2.10. The van der Waals surface area contributed by atoms with E-state index in [2.05, 4.69) is 4.98 Å². The van der Waals surface area contributed by atoms with E-state index in [4.69, 9.17) is 15.9 Å². The fourth-order valence-electron chi connectivity index (χ4n) is 1.01. The highest BCUT2D eigenvalue weighted by Crippen LogP contribution is 2.14. The van der Waals surface area contributed by atoms with Crippen molar-refractivity contribution < 1.29 is 15.0 Å². The largest absolute Gasteiger partial charge is 0.478 e. The van der Waals surface area contributed by atoms with E-state index in [1.165, 1.54) is 18.5 Å². The molecule has 0 saturated heterocycles. The first-order valence-electron chi connectivity index (χ1n) is 3.70. The first-order chi connectivity index (χ1) is 6.16. The first-order valence-corrected chi connectivity index (χ1v) is 3.70. The molecule has 0 bridgehead atoms. The van der Waals surface area contributed by atoms with Gasteiger partial charge in [0.2, 0.25) is 0 Å². The second kappa shape index (κ2) is 3.97. The minimum Gasteiger partial charge on any atom is -0.478 e. The molecule has 1 heterocycles. The number of aromatic carboxylic acids is 1. The van der Waals surface area contributed by atoms with E-state index >= 15 is 0 Å². The fraction of sp³-hybridized carbons (Fsp3) is 0.250. The van der Waals surface area contributed by atoms with Crippen molar-refractivity contribution in [3.63, 3.8) is 0 Å². The van der Waals surface area contributed by atoms with Crippen molar-refractivity contribution in [2.24, 2.45) is 5.73 Å². The number of aromatic nitrogens is 1. The monoisotopic (exact) mass is 182 g/mol. The number of carboxylic acids is 1. The van der Waals surface area contributed by atoms with Gasteiger partial charge in [-0.15, -0.1) is 0 Å². The molecule has 5 nitrogen and oxygen atoms in total. The summed E-state index contributed by atoms with van der Waals surface area (Å²) >= 11 is 0. The van der Waals surface area contributed by atoms with Crippen LogP contribution in [0.15, 0.2) is 18.5 Å². The highest BCUT2D eigenvalue weighted by molar-refractivity contribution is 5.89. The average Bonchev–Trinajstić information content (AvgIpc) is 2.16. The van der Waals surface area contributed by atoms with Crippen molar-refractivity contribution in [3.05, 3.63) is 29.6 Å². The smallest absolute Gasteiger partial charge is 0.337 e. The molecule has 0 spiro atoms. The third-order valence-electron chi connectivity index (χ3n) is 1.68. The zero-order valence-corrected chi connectivity index (χ0v) is 6.84. The van der Waals surface area contributed by atoms with E-state index in [0.717, 1.165) is 0 Å². The minimum absolute atomic E-state index is 0.0315. The van der Waals surface area contributed by atoms with Gasteiger partial charge in [-0.1, -0.05) is 0 Å². The Morgan fingerprint density at radius 3 is 2.92 bits per heavy atom. The summed E-state index contributed by atoms with van der Waals surface area (Å²) in [4.78, 5) is 14.3. The zero-order valence-electron chi connectivity index (χ0n) is 6.84. The lowest BCUT2D eigenvalue weighted by atomic mass is 10.0. The zero-order chi connectivity index (χ0) is 9.84. The third kappa shape index (κ3) is 2.01. The number of carboxylic acid groups (broad SMARTS) is 1. The summed E-state index contributed by atoms with van der Waals surface area (Å²) < 4.78 is 0. The number of nitrogens with zero attached hydrogens (tertiary/aromatic N) is 1. The Hall–Kier alpha value is -1.46. The number of nitrogens with two attached hydrogens (primary N) is 1. The van der Waals surface area contributed by atoms with Crippen LogP contribution in [0.4, 0.5) is 0 Å². The van der Waals surface area contributed by atoms with Crippen molar-refractivity contribution >= 4 is 5.97 Å². The number of carbonyl (C=O) groups is 1. The van der Waals surface area contributed by atoms with E-state index in [1.54, 1.807) is 0 Å². The summed E-state index contributed by atoms with van der Waals surface area (Å²) in [6, 6.07) is 0.818. The van der Waals surface area contributed by atoms with Gasteiger partial charge in [0.15, 0.2) is 0 Å². The maximum Gasteiger partial charge on any atom is 0.337 e. The van der Waals surface area contributed by atoms with Gasteiger partial charge in [0, 0.05) is 12.4 Å². The lowest BCUT2D eigenvalue weighted by molar-refractivity contribution is 0.0694. The van der Waals surface area contributed by atoms with Crippen LogP contribution in [0.25, 0.3) is 0 Å². The van der Waals surface area contributed by atoms with Gasteiger partial charge in [0.1, 0.15) is 0 Å². The molecule has 0 saturated carbocycles. The van der Waals surface area contributed by atoms with Crippen molar-refractivity contribution in [2.75, 3.05) is 6.61 Å². The summed E-state index contributed by atoms with van der Waals surface area (Å²) in [7, 11) is 0. The van der Waals surface area contributed by atoms with Crippen molar-refractivity contribution in [1.82, 2.24) is 4.98 Å². The van der Waals surface area contributed by atoms with Crippen molar-refractivity contribution in [3.8, 4) is 0 Å². The molecule has 0 aliphatic rings.